The molecule has 0 radical (unpaired) electrons. The molecule has 1 aromatic rings. The predicted octanol–water partition coefficient (Wildman–Crippen LogP) is 2.51. The molecule has 0 aromatic carbocycles. The Bertz CT molecular complexity index is 358. The number of carboxylic acid groups (broad SMARTS) is 1. The standard InChI is InChI=1S/C12H15NO2/c14-12(15)11-8-10(6-7-13-11)5-4-9-2-1-3-9/h6-9H,1-5H2,(H,14,15). The molecule has 1 N–H and O–H groups in total. The van der Waals surface area contributed by atoms with Gasteiger partial charge in [0.15, 0.2) is 0 Å². The van der Waals surface area contributed by atoms with Crippen LogP contribution in [0.15, 0.2) is 18.3 Å². The fourth-order valence-corrected chi connectivity index (χ4v) is 1.90. The third kappa shape index (κ3) is 2.55. The average molecular weight is 205 g/mol. The van der Waals surface area contributed by atoms with Gasteiger partial charge in [0.25, 0.3) is 0 Å². The Balaban J connectivity index is 1.94. The van der Waals surface area contributed by atoms with Gasteiger partial charge in [0, 0.05) is 6.20 Å². The number of hydrogen-bond donors (Lipinski definition) is 1. The minimum absolute atomic E-state index is 0.154. The minimum atomic E-state index is -0.944. The lowest BCUT2D eigenvalue weighted by Gasteiger charge is -2.25. The second-order valence-electron chi connectivity index (χ2n) is 4.19. The lowest BCUT2D eigenvalue weighted by atomic mass is 9.81. The van der Waals surface area contributed by atoms with Gasteiger partial charge in [-0.15, -0.1) is 0 Å². The van der Waals surface area contributed by atoms with Crippen LogP contribution in [0.3, 0.4) is 0 Å². The van der Waals surface area contributed by atoms with Crippen LogP contribution in [0.2, 0.25) is 0 Å². The Hall–Kier alpha value is -1.38. The van der Waals surface area contributed by atoms with E-state index in [0.717, 1.165) is 17.9 Å². The summed E-state index contributed by atoms with van der Waals surface area (Å²) in [6.45, 7) is 0. The third-order valence-electron chi connectivity index (χ3n) is 3.11. The van der Waals surface area contributed by atoms with E-state index in [1.807, 2.05) is 6.07 Å². The fourth-order valence-electron chi connectivity index (χ4n) is 1.90. The van der Waals surface area contributed by atoms with Crippen molar-refractivity contribution in [2.24, 2.45) is 5.92 Å². The third-order valence-corrected chi connectivity index (χ3v) is 3.11. The van der Waals surface area contributed by atoms with Crippen molar-refractivity contribution in [1.82, 2.24) is 4.98 Å². The lowest BCUT2D eigenvalue weighted by Crippen LogP contribution is -2.11. The molecule has 1 aromatic heterocycles. The molecule has 0 saturated heterocycles. The maximum Gasteiger partial charge on any atom is 0.354 e. The zero-order valence-corrected chi connectivity index (χ0v) is 8.65. The van der Waals surface area contributed by atoms with Crippen LogP contribution in [0.4, 0.5) is 0 Å². The molecule has 0 atom stereocenters. The van der Waals surface area contributed by atoms with Gasteiger partial charge in [-0.25, -0.2) is 9.78 Å². The highest BCUT2D eigenvalue weighted by Gasteiger charge is 2.17. The second-order valence-corrected chi connectivity index (χ2v) is 4.19. The Morgan fingerprint density at radius 1 is 1.53 bits per heavy atom. The number of carbonyl (C=O) groups is 1. The molecular formula is C12H15NO2. The van der Waals surface area contributed by atoms with Crippen LogP contribution in [0.25, 0.3) is 0 Å². The van der Waals surface area contributed by atoms with E-state index in [4.69, 9.17) is 5.11 Å². The van der Waals surface area contributed by atoms with Crippen molar-refractivity contribution >= 4 is 5.97 Å². The van der Waals surface area contributed by atoms with E-state index in [1.165, 1.54) is 25.7 Å². The van der Waals surface area contributed by atoms with Crippen LogP contribution < -0.4 is 0 Å². The summed E-state index contributed by atoms with van der Waals surface area (Å²) < 4.78 is 0. The molecule has 3 nitrogen and oxygen atoms in total. The molecule has 0 amide bonds. The molecule has 1 aliphatic rings. The summed E-state index contributed by atoms with van der Waals surface area (Å²) in [6.07, 6.45) is 7.80. The van der Waals surface area contributed by atoms with Gasteiger partial charge in [-0.2, -0.15) is 0 Å². The second kappa shape index (κ2) is 4.43. The smallest absolute Gasteiger partial charge is 0.354 e. The number of aromatic nitrogens is 1. The summed E-state index contributed by atoms with van der Waals surface area (Å²) in [5.74, 6) is -0.0769. The van der Waals surface area contributed by atoms with Crippen LogP contribution in [-0.4, -0.2) is 16.1 Å². The Morgan fingerprint density at radius 2 is 2.33 bits per heavy atom. The topological polar surface area (TPSA) is 50.2 Å². The number of aryl methyl sites for hydroxylation is 1. The summed E-state index contributed by atoms with van der Waals surface area (Å²) in [5, 5.41) is 8.78. The molecule has 1 fully saturated rings. The van der Waals surface area contributed by atoms with E-state index in [1.54, 1.807) is 12.3 Å². The molecule has 1 saturated carbocycles. The molecule has 0 aliphatic heterocycles. The molecule has 1 heterocycles. The number of rotatable bonds is 4. The van der Waals surface area contributed by atoms with Crippen molar-refractivity contribution in [3.05, 3.63) is 29.6 Å². The first-order chi connectivity index (χ1) is 7.25. The Kier molecular flexibility index (Phi) is 2.99. The maximum absolute atomic E-state index is 10.7. The molecule has 0 spiro atoms. The molecule has 15 heavy (non-hydrogen) atoms. The van der Waals surface area contributed by atoms with Gasteiger partial charge in [0.1, 0.15) is 5.69 Å². The lowest BCUT2D eigenvalue weighted by molar-refractivity contribution is 0.0690. The van der Waals surface area contributed by atoms with Crippen LogP contribution in [0.1, 0.15) is 41.7 Å². The average Bonchev–Trinajstić information content (AvgIpc) is 2.16. The highest BCUT2D eigenvalue weighted by atomic mass is 16.4. The number of pyridine rings is 1. The fraction of sp³-hybridized carbons (Fsp3) is 0.500. The van der Waals surface area contributed by atoms with Crippen LogP contribution in [-0.2, 0) is 6.42 Å². The molecular weight excluding hydrogens is 190 g/mol. The first kappa shape index (κ1) is 10.1. The number of carboxylic acids is 1. The normalized spacial score (nSPS) is 16.0. The van der Waals surface area contributed by atoms with Gasteiger partial charge < -0.3 is 5.11 Å². The zero-order valence-electron chi connectivity index (χ0n) is 8.65. The van der Waals surface area contributed by atoms with Gasteiger partial charge in [0.05, 0.1) is 0 Å². The SMILES string of the molecule is O=C(O)c1cc(CCC2CCC2)ccn1. The van der Waals surface area contributed by atoms with Crippen molar-refractivity contribution < 1.29 is 9.90 Å². The van der Waals surface area contributed by atoms with Crippen molar-refractivity contribution in [3.63, 3.8) is 0 Å². The van der Waals surface area contributed by atoms with Crippen LogP contribution >= 0.6 is 0 Å². The van der Waals surface area contributed by atoms with Gasteiger partial charge in [-0.1, -0.05) is 19.3 Å². The number of aromatic carboxylic acids is 1. The van der Waals surface area contributed by atoms with E-state index in [0.29, 0.717) is 0 Å². The molecule has 1 aliphatic carbocycles. The van der Waals surface area contributed by atoms with Crippen molar-refractivity contribution in [3.8, 4) is 0 Å². The van der Waals surface area contributed by atoms with Crippen LogP contribution in [0.5, 0.6) is 0 Å². The van der Waals surface area contributed by atoms with E-state index in [2.05, 4.69) is 4.98 Å². The quantitative estimate of drug-likeness (QED) is 0.821. The summed E-state index contributed by atoms with van der Waals surface area (Å²) in [4.78, 5) is 14.5. The number of hydrogen-bond acceptors (Lipinski definition) is 2. The van der Waals surface area contributed by atoms with Gasteiger partial charge in [-0.3, -0.25) is 0 Å². The van der Waals surface area contributed by atoms with E-state index in [9.17, 15) is 4.79 Å². The highest BCUT2D eigenvalue weighted by Crippen LogP contribution is 2.30. The predicted molar refractivity (Wildman–Crippen MR) is 56.9 cm³/mol. The first-order valence-electron chi connectivity index (χ1n) is 5.44. The molecule has 80 valence electrons. The summed E-state index contributed by atoms with van der Waals surface area (Å²) in [7, 11) is 0. The van der Waals surface area contributed by atoms with Gasteiger partial charge >= 0.3 is 5.97 Å². The Morgan fingerprint density at radius 3 is 2.93 bits per heavy atom. The molecule has 0 bridgehead atoms. The van der Waals surface area contributed by atoms with E-state index in [-0.39, 0.29) is 5.69 Å². The van der Waals surface area contributed by atoms with Gasteiger partial charge in [0.2, 0.25) is 0 Å². The van der Waals surface area contributed by atoms with Crippen LogP contribution in [0, 0.1) is 5.92 Å². The Labute approximate surface area is 89.2 Å². The maximum atomic E-state index is 10.7. The van der Waals surface area contributed by atoms with Gasteiger partial charge in [-0.05, 0) is 36.5 Å². The minimum Gasteiger partial charge on any atom is -0.477 e. The van der Waals surface area contributed by atoms with Crippen molar-refractivity contribution in [2.45, 2.75) is 32.1 Å². The number of nitrogens with zero attached hydrogens (tertiary/aromatic N) is 1. The van der Waals surface area contributed by atoms with E-state index >= 15 is 0 Å². The molecule has 0 unspecified atom stereocenters. The summed E-state index contributed by atoms with van der Waals surface area (Å²) in [5.41, 5.74) is 1.25. The zero-order chi connectivity index (χ0) is 10.7. The highest BCUT2D eigenvalue weighted by molar-refractivity contribution is 5.85. The van der Waals surface area contributed by atoms with Crippen molar-refractivity contribution in [1.29, 1.82) is 0 Å². The first-order valence-corrected chi connectivity index (χ1v) is 5.44. The summed E-state index contributed by atoms with van der Waals surface area (Å²) in [6, 6.07) is 3.59. The van der Waals surface area contributed by atoms with E-state index < -0.39 is 5.97 Å². The monoisotopic (exact) mass is 205 g/mol. The van der Waals surface area contributed by atoms with Crippen molar-refractivity contribution in [2.75, 3.05) is 0 Å². The molecule has 3 heteroatoms. The molecule has 2 rings (SSSR count). The largest absolute Gasteiger partial charge is 0.477 e. The summed E-state index contributed by atoms with van der Waals surface area (Å²) >= 11 is 0.